The van der Waals surface area contributed by atoms with Crippen LogP contribution in [0.2, 0.25) is 0 Å². The molecule has 0 aromatic carbocycles. The maximum atomic E-state index is 11.2. The number of carbonyl (C=O) groups is 1. The van der Waals surface area contributed by atoms with Gasteiger partial charge in [-0.2, -0.15) is 0 Å². The van der Waals surface area contributed by atoms with Crippen LogP contribution in [0.25, 0.3) is 0 Å². The third-order valence-electron chi connectivity index (χ3n) is 2.50. The zero-order valence-electron chi connectivity index (χ0n) is 8.78. The summed E-state index contributed by atoms with van der Waals surface area (Å²) in [6.45, 7) is 4.45. The lowest BCUT2D eigenvalue weighted by Crippen LogP contribution is -2.46. The van der Waals surface area contributed by atoms with Crippen molar-refractivity contribution in [3.8, 4) is 0 Å². The fraction of sp³-hybridized carbons (Fsp3) is 0.900. The number of aliphatic hydroxyl groups is 1. The molecule has 1 fully saturated rings. The van der Waals surface area contributed by atoms with Gasteiger partial charge in [0.25, 0.3) is 0 Å². The Balaban J connectivity index is 2.45. The lowest BCUT2D eigenvalue weighted by Gasteiger charge is -2.36. The van der Waals surface area contributed by atoms with Crippen LogP contribution in [-0.4, -0.2) is 36.0 Å². The lowest BCUT2D eigenvalue weighted by molar-refractivity contribution is -0.164. The largest absolute Gasteiger partial charge is 0.466 e. The van der Waals surface area contributed by atoms with Gasteiger partial charge in [-0.1, -0.05) is 0 Å². The van der Waals surface area contributed by atoms with E-state index in [1.54, 1.807) is 13.8 Å². The summed E-state index contributed by atoms with van der Waals surface area (Å²) in [5.41, 5.74) is -0.898. The van der Waals surface area contributed by atoms with Gasteiger partial charge in [0.05, 0.1) is 24.7 Å². The average Bonchev–Trinajstić information content (AvgIpc) is 2.09. The molecule has 1 heterocycles. The van der Waals surface area contributed by atoms with Gasteiger partial charge in [0.15, 0.2) is 0 Å². The van der Waals surface area contributed by atoms with Crippen LogP contribution < -0.4 is 0 Å². The summed E-state index contributed by atoms with van der Waals surface area (Å²) in [5, 5.41) is 9.92. The summed E-state index contributed by atoms with van der Waals surface area (Å²) >= 11 is 0. The Bertz CT molecular complexity index is 200. The summed E-state index contributed by atoms with van der Waals surface area (Å²) < 4.78 is 10.2. The van der Waals surface area contributed by atoms with Crippen molar-refractivity contribution in [1.82, 2.24) is 0 Å². The van der Waals surface area contributed by atoms with Gasteiger partial charge in [-0.05, 0) is 26.7 Å². The van der Waals surface area contributed by atoms with Gasteiger partial charge >= 0.3 is 5.97 Å². The molecule has 0 aromatic heterocycles. The molecule has 0 radical (unpaired) electrons. The highest BCUT2D eigenvalue weighted by atomic mass is 16.5. The maximum Gasteiger partial charge on any atom is 0.308 e. The van der Waals surface area contributed by atoms with E-state index < -0.39 is 11.7 Å². The molecule has 0 spiro atoms. The first-order valence-corrected chi connectivity index (χ1v) is 5.06. The van der Waals surface area contributed by atoms with Crippen LogP contribution in [0.5, 0.6) is 0 Å². The van der Waals surface area contributed by atoms with E-state index in [1.165, 1.54) is 0 Å². The van der Waals surface area contributed by atoms with Crippen molar-refractivity contribution in [2.75, 3.05) is 13.2 Å². The molecule has 0 bridgehead atoms. The third-order valence-corrected chi connectivity index (χ3v) is 2.50. The topological polar surface area (TPSA) is 55.8 Å². The molecule has 1 rings (SSSR count). The minimum atomic E-state index is -0.898. The molecule has 4 heteroatoms. The fourth-order valence-corrected chi connectivity index (χ4v) is 1.65. The number of hydrogen-bond acceptors (Lipinski definition) is 4. The van der Waals surface area contributed by atoms with Crippen molar-refractivity contribution >= 4 is 5.97 Å². The van der Waals surface area contributed by atoms with Crippen molar-refractivity contribution in [2.24, 2.45) is 0 Å². The molecular weight excluding hydrogens is 184 g/mol. The van der Waals surface area contributed by atoms with Gasteiger partial charge in [0.2, 0.25) is 0 Å². The lowest BCUT2D eigenvalue weighted by atomic mass is 9.89. The molecule has 4 nitrogen and oxygen atoms in total. The van der Waals surface area contributed by atoms with E-state index in [4.69, 9.17) is 9.47 Å². The molecule has 2 atom stereocenters. The van der Waals surface area contributed by atoms with Crippen LogP contribution in [-0.2, 0) is 14.3 Å². The summed E-state index contributed by atoms with van der Waals surface area (Å²) in [6, 6.07) is 0. The molecule has 1 saturated heterocycles. The predicted molar refractivity (Wildman–Crippen MR) is 50.8 cm³/mol. The van der Waals surface area contributed by atoms with Crippen molar-refractivity contribution in [3.63, 3.8) is 0 Å². The van der Waals surface area contributed by atoms with E-state index in [2.05, 4.69) is 0 Å². The van der Waals surface area contributed by atoms with Crippen molar-refractivity contribution in [1.29, 1.82) is 0 Å². The van der Waals surface area contributed by atoms with Gasteiger partial charge in [0, 0.05) is 6.61 Å². The second-order valence-corrected chi connectivity index (χ2v) is 3.83. The average molecular weight is 202 g/mol. The minimum Gasteiger partial charge on any atom is -0.466 e. The molecule has 0 unspecified atom stereocenters. The van der Waals surface area contributed by atoms with Gasteiger partial charge in [-0.15, -0.1) is 0 Å². The molecule has 0 saturated carbocycles. The van der Waals surface area contributed by atoms with Crippen LogP contribution in [0.4, 0.5) is 0 Å². The number of esters is 1. The molecule has 1 N–H and O–H groups in total. The Morgan fingerprint density at radius 3 is 3.00 bits per heavy atom. The van der Waals surface area contributed by atoms with Gasteiger partial charge in [-0.3, -0.25) is 4.79 Å². The number of rotatable bonds is 3. The third kappa shape index (κ3) is 2.96. The highest BCUT2D eigenvalue weighted by molar-refractivity contribution is 5.70. The summed E-state index contributed by atoms with van der Waals surface area (Å²) in [4.78, 5) is 11.2. The molecule has 0 amide bonds. The highest BCUT2D eigenvalue weighted by Crippen LogP contribution is 2.27. The number of hydrogen-bond donors (Lipinski definition) is 1. The molecule has 1 aliphatic heterocycles. The highest BCUT2D eigenvalue weighted by Gasteiger charge is 2.37. The number of carbonyl (C=O) groups excluding carboxylic acids is 1. The van der Waals surface area contributed by atoms with Crippen LogP contribution in [0.15, 0.2) is 0 Å². The van der Waals surface area contributed by atoms with E-state index in [9.17, 15) is 9.90 Å². The summed E-state index contributed by atoms with van der Waals surface area (Å²) in [5.74, 6) is -0.306. The van der Waals surface area contributed by atoms with Crippen LogP contribution in [0, 0.1) is 0 Å². The zero-order chi connectivity index (χ0) is 10.6. The Hall–Kier alpha value is -0.610. The van der Waals surface area contributed by atoms with E-state index in [0.717, 1.165) is 6.42 Å². The minimum absolute atomic E-state index is 0.140. The molecule has 0 aliphatic carbocycles. The first-order valence-electron chi connectivity index (χ1n) is 5.06. The van der Waals surface area contributed by atoms with Crippen molar-refractivity contribution < 1.29 is 19.4 Å². The van der Waals surface area contributed by atoms with E-state index in [0.29, 0.717) is 19.6 Å². The quantitative estimate of drug-likeness (QED) is 0.690. The molecule has 1 aliphatic rings. The smallest absolute Gasteiger partial charge is 0.308 e. The predicted octanol–water partition coefficient (Wildman–Crippen LogP) is 0.870. The molecule has 0 aromatic rings. The standard InChI is InChI=1S/C10H18O4/c1-3-13-9(11)7-8-10(2,12)5-4-6-14-8/h8,12H,3-7H2,1-2H3/t8-,10+/m1/s1. The van der Waals surface area contributed by atoms with Gasteiger partial charge < -0.3 is 14.6 Å². The van der Waals surface area contributed by atoms with E-state index in [1.807, 2.05) is 0 Å². The first-order chi connectivity index (χ1) is 6.56. The Morgan fingerprint density at radius 1 is 1.71 bits per heavy atom. The Morgan fingerprint density at radius 2 is 2.43 bits per heavy atom. The first kappa shape index (κ1) is 11.5. The summed E-state index contributed by atoms with van der Waals surface area (Å²) in [6.07, 6.45) is 1.24. The molecule has 14 heavy (non-hydrogen) atoms. The van der Waals surface area contributed by atoms with Crippen LogP contribution in [0.3, 0.4) is 0 Å². The van der Waals surface area contributed by atoms with E-state index >= 15 is 0 Å². The van der Waals surface area contributed by atoms with E-state index in [-0.39, 0.29) is 12.4 Å². The second kappa shape index (κ2) is 4.75. The SMILES string of the molecule is CCOC(=O)C[C@H]1OCCC[C@]1(C)O. The Kier molecular flexibility index (Phi) is 3.89. The summed E-state index contributed by atoms with van der Waals surface area (Å²) in [7, 11) is 0. The van der Waals surface area contributed by atoms with Crippen LogP contribution >= 0.6 is 0 Å². The van der Waals surface area contributed by atoms with Gasteiger partial charge in [-0.25, -0.2) is 0 Å². The number of ether oxygens (including phenoxy) is 2. The maximum absolute atomic E-state index is 11.2. The molecule has 82 valence electrons. The van der Waals surface area contributed by atoms with Crippen molar-refractivity contribution in [3.05, 3.63) is 0 Å². The van der Waals surface area contributed by atoms with Gasteiger partial charge in [0.1, 0.15) is 0 Å². The van der Waals surface area contributed by atoms with Crippen molar-refractivity contribution in [2.45, 2.75) is 44.8 Å². The second-order valence-electron chi connectivity index (χ2n) is 3.83. The zero-order valence-corrected chi connectivity index (χ0v) is 8.78. The Labute approximate surface area is 84.2 Å². The van der Waals surface area contributed by atoms with Crippen LogP contribution in [0.1, 0.15) is 33.1 Å². The fourth-order valence-electron chi connectivity index (χ4n) is 1.65. The molecular formula is C10H18O4. The normalized spacial score (nSPS) is 32.6. The monoisotopic (exact) mass is 202 g/mol.